The van der Waals surface area contributed by atoms with Gasteiger partial charge in [-0.2, -0.15) is 0 Å². The minimum atomic E-state index is 0.580. The van der Waals surface area contributed by atoms with Crippen molar-refractivity contribution < 1.29 is 0 Å². The first-order chi connectivity index (χ1) is 9.52. The van der Waals surface area contributed by atoms with E-state index >= 15 is 0 Å². The predicted octanol–water partition coefficient (Wildman–Crippen LogP) is 5.25. The van der Waals surface area contributed by atoms with Crippen molar-refractivity contribution in [3.05, 3.63) is 34.3 Å². The maximum atomic E-state index is 3.90. The SMILES string of the molecule is CC1(C)CCC(NC2CC(c3cccc(Br)c3)C2)CC1. The summed E-state index contributed by atoms with van der Waals surface area (Å²) in [6, 6.07) is 10.4. The standard InChI is InChI=1S/C18H26BrN/c1-18(2)8-6-16(7-9-18)20-17-11-14(12-17)13-4-3-5-15(19)10-13/h3-5,10,14,16-17,20H,6-9,11-12H2,1-2H3. The molecule has 0 amide bonds. The first-order valence-electron chi connectivity index (χ1n) is 8.03. The molecule has 0 bridgehead atoms. The molecule has 110 valence electrons. The van der Waals surface area contributed by atoms with Gasteiger partial charge in [-0.25, -0.2) is 0 Å². The molecule has 2 heteroatoms. The lowest BCUT2D eigenvalue weighted by Gasteiger charge is -2.42. The number of benzene rings is 1. The Labute approximate surface area is 131 Å². The Kier molecular flexibility index (Phi) is 4.24. The zero-order valence-electron chi connectivity index (χ0n) is 12.7. The average Bonchev–Trinajstić information content (AvgIpc) is 2.35. The van der Waals surface area contributed by atoms with E-state index < -0.39 is 0 Å². The summed E-state index contributed by atoms with van der Waals surface area (Å²) in [5.74, 6) is 0.769. The normalized spacial score (nSPS) is 29.9. The quantitative estimate of drug-likeness (QED) is 0.794. The van der Waals surface area contributed by atoms with Crippen LogP contribution in [0.1, 0.15) is 63.9 Å². The van der Waals surface area contributed by atoms with E-state index in [1.165, 1.54) is 48.6 Å². The second-order valence-corrected chi connectivity index (χ2v) is 8.44. The Balaban J connectivity index is 1.45. The molecule has 2 saturated carbocycles. The van der Waals surface area contributed by atoms with Crippen LogP contribution in [0.3, 0.4) is 0 Å². The number of halogens is 1. The Bertz CT molecular complexity index is 452. The van der Waals surface area contributed by atoms with E-state index in [1.807, 2.05) is 0 Å². The van der Waals surface area contributed by atoms with Crippen LogP contribution < -0.4 is 5.32 Å². The summed E-state index contributed by atoms with van der Waals surface area (Å²) in [4.78, 5) is 0. The second-order valence-electron chi connectivity index (χ2n) is 7.53. The molecule has 1 aromatic rings. The van der Waals surface area contributed by atoms with Crippen molar-refractivity contribution in [2.75, 3.05) is 0 Å². The van der Waals surface area contributed by atoms with Gasteiger partial charge in [0.2, 0.25) is 0 Å². The highest BCUT2D eigenvalue weighted by atomic mass is 79.9. The summed E-state index contributed by atoms with van der Waals surface area (Å²) in [6.45, 7) is 4.83. The Hall–Kier alpha value is -0.340. The number of hydrogen-bond donors (Lipinski definition) is 1. The van der Waals surface area contributed by atoms with Crippen LogP contribution >= 0.6 is 15.9 Å². The van der Waals surface area contributed by atoms with E-state index in [0.717, 1.165) is 18.0 Å². The van der Waals surface area contributed by atoms with Gasteiger partial charge in [-0.3, -0.25) is 0 Å². The van der Waals surface area contributed by atoms with Crippen LogP contribution in [0.15, 0.2) is 28.7 Å². The van der Waals surface area contributed by atoms with Gasteiger partial charge in [0.25, 0.3) is 0 Å². The molecule has 2 aliphatic carbocycles. The maximum Gasteiger partial charge on any atom is 0.0178 e. The van der Waals surface area contributed by atoms with Crippen LogP contribution in [0.5, 0.6) is 0 Å². The summed E-state index contributed by atoms with van der Waals surface area (Å²) in [5.41, 5.74) is 2.08. The van der Waals surface area contributed by atoms with Gasteiger partial charge in [-0.05, 0) is 67.6 Å². The lowest BCUT2D eigenvalue weighted by atomic mass is 9.73. The van der Waals surface area contributed by atoms with Crippen LogP contribution in [0.25, 0.3) is 0 Å². The summed E-state index contributed by atoms with van der Waals surface area (Å²) in [5, 5.41) is 3.90. The molecule has 0 spiro atoms. The van der Waals surface area contributed by atoms with Crippen molar-refractivity contribution in [3.8, 4) is 0 Å². The van der Waals surface area contributed by atoms with Crippen LogP contribution in [0, 0.1) is 5.41 Å². The molecule has 0 atom stereocenters. The molecule has 1 N–H and O–H groups in total. The van der Waals surface area contributed by atoms with Crippen LogP contribution in [0.4, 0.5) is 0 Å². The maximum absolute atomic E-state index is 3.90. The minimum absolute atomic E-state index is 0.580. The lowest BCUT2D eigenvalue weighted by Crippen LogP contribution is -2.47. The van der Waals surface area contributed by atoms with Crippen molar-refractivity contribution in [1.29, 1.82) is 0 Å². The van der Waals surface area contributed by atoms with Crippen molar-refractivity contribution in [2.45, 2.75) is 70.4 Å². The molecule has 0 unspecified atom stereocenters. The van der Waals surface area contributed by atoms with Gasteiger partial charge >= 0.3 is 0 Å². The molecule has 1 aromatic carbocycles. The lowest BCUT2D eigenvalue weighted by molar-refractivity contribution is 0.174. The van der Waals surface area contributed by atoms with E-state index in [2.05, 4.69) is 59.4 Å². The monoisotopic (exact) mass is 335 g/mol. The third-order valence-electron chi connectivity index (χ3n) is 5.27. The van der Waals surface area contributed by atoms with E-state index in [9.17, 15) is 0 Å². The van der Waals surface area contributed by atoms with Crippen molar-refractivity contribution in [3.63, 3.8) is 0 Å². The van der Waals surface area contributed by atoms with Gasteiger partial charge in [0.05, 0.1) is 0 Å². The van der Waals surface area contributed by atoms with Gasteiger partial charge in [-0.15, -0.1) is 0 Å². The molecule has 2 fully saturated rings. The zero-order valence-corrected chi connectivity index (χ0v) is 14.2. The fourth-order valence-electron chi connectivity index (χ4n) is 3.69. The van der Waals surface area contributed by atoms with Crippen LogP contribution in [-0.2, 0) is 0 Å². The highest BCUT2D eigenvalue weighted by molar-refractivity contribution is 9.10. The van der Waals surface area contributed by atoms with Crippen molar-refractivity contribution >= 4 is 15.9 Å². The number of hydrogen-bond acceptors (Lipinski definition) is 1. The van der Waals surface area contributed by atoms with Crippen molar-refractivity contribution in [1.82, 2.24) is 5.32 Å². The predicted molar refractivity (Wildman–Crippen MR) is 89.1 cm³/mol. The highest BCUT2D eigenvalue weighted by Crippen LogP contribution is 2.40. The molecule has 3 rings (SSSR count). The summed E-state index contributed by atoms with van der Waals surface area (Å²) in [6.07, 6.45) is 8.13. The van der Waals surface area contributed by atoms with Gasteiger partial charge in [0, 0.05) is 16.6 Å². The molecule has 2 aliphatic rings. The largest absolute Gasteiger partial charge is 0.311 e. The topological polar surface area (TPSA) is 12.0 Å². The van der Waals surface area contributed by atoms with Gasteiger partial charge in [-0.1, -0.05) is 41.9 Å². The third kappa shape index (κ3) is 3.46. The number of rotatable bonds is 3. The molecular formula is C18H26BrN. The fourth-order valence-corrected chi connectivity index (χ4v) is 4.10. The molecule has 0 radical (unpaired) electrons. The Morgan fingerprint density at radius 1 is 1.10 bits per heavy atom. The van der Waals surface area contributed by atoms with Crippen LogP contribution in [0.2, 0.25) is 0 Å². The fraction of sp³-hybridized carbons (Fsp3) is 0.667. The zero-order chi connectivity index (χ0) is 14.2. The second kappa shape index (κ2) is 5.81. The van der Waals surface area contributed by atoms with Gasteiger partial charge in [0.1, 0.15) is 0 Å². The first kappa shape index (κ1) is 14.6. The molecule has 0 aromatic heterocycles. The molecule has 0 heterocycles. The molecule has 0 saturated heterocycles. The van der Waals surface area contributed by atoms with E-state index in [0.29, 0.717) is 5.41 Å². The van der Waals surface area contributed by atoms with Gasteiger partial charge < -0.3 is 5.32 Å². The average molecular weight is 336 g/mol. The summed E-state index contributed by atoms with van der Waals surface area (Å²) < 4.78 is 1.21. The van der Waals surface area contributed by atoms with Gasteiger partial charge in [0.15, 0.2) is 0 Å². The first-order valence-corrected chi connectivity index (χ1v) is 8.83. The van der Waals surface area contributed by atoms with E-state index in [1.54, 1.807) is 0 Å². The summed E-state index contributed by atoms with van der Waals surface area (Å²) in [7, 11) is 0. The Morgan fingerprint density at radius 3 is 2.45 bits per heavy atom. The molecular weight excluding hydrogens is 310 g/mol. The smallest absolute Gasteiger partial charge is 0.0178 e. The third-order valence-corrected chi connectivity index (χ3v) is 5.76. The molecule has 0 aliphatic heterocycles. The van der Waals surface area contributed by atoms with E-state index in [4.69, 9.17) is 0 Å². The molecule has 1 nitrogen and oxygen atoms in total. The number of nitrogens with one attached hydrogen (secondary N) is 1. The molecule has 20 heavy (non-hydrogen) atoms. The Morgan fingerprint density at radius 2 is 1.80 bits per heavy atom. The van der Waals surface area contributed by atoms with E-state index in [-0.39, 0.29) is 0 Å². The highest BCUT2D eigenvalue weighted by Gasteiger charge is 2.33. The van der Waals surface area contributed by atoms with Crippen LogP contribution in [-0.4, -0.2) is 12.1 Å². The minimum Gasteiger partial charge on any atom is -0.311 e. The summed E-state index contributed by atoms with van der Waals surface area (Å²) >= 11 is 3.57. The van der Waals surface area contributed by atoms with Crippen molar-refractivity contribution in [2.24, 2.45) is 5.41 Å².